The van der Waals surface area contributed by atoms with Gasteiger partial charge in [0.15, 0.2) is 0 Å². The van der Waals surface area contributed by atoms with Gasteiger partial charge in [-0.1, -0.05) is 13.8 Å². The summed E-state index contributed by atoms with van der Waals surface area (Å²) in [4.78, 5) is 41.8. The molecule has 0 radical (unpaired) electrons. The molecule has 0 unspecified atom stereocenters. The molecule has 0 saturated carbocycles. The minimum absolute atomic E-state index is 0.0817. The Bertz CT molecular complexity index is 493. The van der Waals surface area contributed by atoms with Crippen molar-refractivity contribution in [1.29, 1.82) is 0 Å². The number of carbonyl (C=O) groups is 3. The van der Waals surface area contributed by atoms with E-state index in [9.17, 15) is 14.4 Å². The van der Waals surface area contributed by atoms with Gasteiger partial charge in [0, 0.05) is 57.4 Å². The molecule has 0 aliphatic carbocycles. The second-order valence-electron chi connectivity index (χ2n) is 7.84. The van der Waals surface area contributed by atoms with E-state index in [-0.39, 0.29) is 29.3 Å². The van der Waals surface area contributed by atoms with E-state index in [0.29, 0.717) is 31.7 Å². The van der Waals surface area contributed by atoms with Gasteiger partial charge >= 0.3 is 0 Å². The summed E-state index contributed by atoms with van der Waals surface area (Å²) >= 11 is 1.55. The Morgan fingerprint density at radius 2 is 1.48 bits per heavy atom. The molecule has 158 valence electrons. The van der Waals surface area contributed by atoms with Crippen LogP contribution in [-0.2, 0) is 14.4 Å². The van der Waals surface area contributed by atoms with E-state index in [1.807, 2.05) is 37.5 Å². The normalized spacial score (nSPS) is 11.4. The van der Waals surface area contributed by atoms with Gasteiger partial charge in [-0.15, -0.1) is 0 Å². The van der Waals surface area contributed by atoms with Gasteiger partial charge in [0.05, 0.1) is 5.75 Å². The molecule has 0 N–H and O–H groups in total. The average molecular weight is 402 g/mol. The smallest absolute Gasteiger partial charge is 0.232 e. The number of rotatable bonds is 12. The lowest BCUT2D eigenvalue weighted by molar-refractivity contribution is -0.137. The molecular weight excluding hydrogens is 362 g/mol. The Hall–Kier alpha value is -1.24. The predicted molar refractivity (Wildman–Crippen MR) is 114 cm³/mol. The van der Waals surface area contributed by atoms with Crippen molar-refractivity contribution in [2.75, 3.05) is 38.7 Å². The van der Waals surface area contributed by atoms with E-state index >= 15 is 0 Å². The lowest BCUT2D eigenvalue weighted by Crippen LogP contribution is -2.51. The number of nitrogens with zero attached hydrogens (tertiary/aromatic N) is 3. The van der Waals surface area contributed by atoms with Gasteiger partial charge in [-0.05, 0) is 34.1 Å². The molecule has 6 nitrogen and oxygen atoms in total. The molecule has 0 saturated heterocycles. The lowest BCUT2D eigenvalue weighted by Gasteiger charge is -2.40. The highest BCUT2D eigenvalue weighted by molar-refractivity contribution is 7.99. The van der Waals surface area contributed by atoms with Gasteiger partial charge in [0.2, 0.25) is 17.7 Å². The largest absolute Gasteiger partial charge is 0.348 e. The van der Waals surface area contributed by atoms with Crippen molar-refractivity contribution in [3.63, 3.8) is 0 Å². The summed E-state index contributed by atoms with van der Waals surface area (Å²) in [5.74, 6) is 1.48. The Morgan fingerprint density at radius 1 is 0.926 bits per heavy atom. The fraction of sp³-hybridized carbons (Fsp3) is 0.850. The first-order chi connectivity index (χ1) is 12.5. The third-order valence-electron chi connectivity index (χ3n) is 4.73. The molecule has 0 bridgehead atoms. The Labute approximate surface area is 170 Å². The molecule has 27 heavy (non-hydrogen) atoms. The third kappa shape index (κ3) is 9.00. The zero-order chi connectivity index (χ0) is 21.2. The molecular formula is C20H39N3O3S. The van der Waals surface area contributed by atoms with Crippen molar-refractivity contribution in [2.24, 2.45) is 0 Å². The van der Waals surface area contributed by atoms with Crippen LogP contribution in [0.15, 0.2) is 0 Å². The van der Waals surface area contributed by atoms with Gasteiger partial charge in [-0.25, -0.2) is 0 Å². The molecule has 0 heterocycles. The summed E-state index contributed by atoms with van der Waals surface area (Å²) < 4.78 is 0. The molecule has 0 aliphatic heterocycles. The molecule has 0 aromatic heterocycles. The Morgan fingerprint density at radius 3 is 1.93 bits per heavy atom. The summed E-state index contributed by atoms with van der Waals surface area (Å²) in [6.07, 6.45) is 1.67. The molecule has 3 amide bonds. The molecule has 0 spiro atoms. The number of hydrogen-bond donors (Lipinski definition) is 0. The van der Waals surface area contributed by atoms with Crippen LogP contribution in [0.5, 0.6) is 0 Å². The first-order valence-corrected chi connectivity index (χ1v) is 11.0. The van der Waals surface area contributed by atoms with Crippen LogP contribution in [0.4, 0.5) is 0 Å². The summed E-state index contributed by atoms with van der Waals surface area (Å²) in [5, 5.41) is 0. The summed E-state index contributed by atoms with van der Waals surface area (Å²) in [6, 6.07) is 0.149. The van der Waals surface area contributed by atoms with Crippen LogP contribution in [0.1, 0.15) is 60.8 Å². The zero-order valence-electron chi connectivity index (χ0n) is 18.5. The van der Waals surface area contributed by atoms with Crippen LogP contribution in [-0.4, -0.2) is 82.7 Å². The van der Waals surface area contributed by atoms with Crippen LogP contribution < -0.4 is 0 Å². The summed E-state index contributed by atoms with van der Waals surface area (Å²) in [5.41, 5.74) is -0.347. The maximum Gasteiger partial charge on any atom is 0.232 e. The van der Waals surface area contributed by atoms with Crippen LogP contribution in [0.2, 0.25) is 0 Å². The van der Waals surface area contributed by atoms with E-state index in [1.54, 1.807) is 30.8 Å². The fourth-order valence-electron chi connectivity index (χ4n) is 2.80. The molecule has 0 aromatic rings. The lowest BCUT2D eigenvalue weighted by atomic mass is 9.96. The SMILES string of the molecule is CCC(=O)N(CCC(C)(C)N(CCSCC(=O)N(C)C)C(=O)CC)C(C)C. The molecule has 0 fully saturated rings. The van der Waals surface area contributed by atoms with Gasteiger partial charge in [0.25, 0.3) is 0 Å². The molecule has 7 heteroatoms. The molecule has 0 aliphatic rings. The molecule has 0 aromatic carbocycles. The minimum Gasteiger partial charge on any atom is -0.348 e. The highest BCUT2D eigenvalue weighted by atomic mass is 32.2. The van der Waals surface area contributed by atoms with Crippen LogP contribution in [0.25, 0.3) is 0 Å². The maximum absolute atomic E-state index is 12.5. The number of thioether (sulfide) groups is 1. The quantitative estimate of drug-likeness (QED) is 0.472. The van der Waals surface area contributed by atoms with Crippen molar-refractivity contribution < 1.29 is 14.4 Å². The Kier molecular flexibility index (Phi) is 11.7. The standard InChI is InChI=1S/C20H39N3O3S/c1-9-17(24)22(16(3)4)12-11-20(5,6)23(18(25)10-2)13-14-27-15-19(26)21(7)8/h16H,9-15H2,1-8H3. The van der Waals surface area contributed by atoms with E-state index in [1.165, 1.54) is 0 Å². The highest BCUT2D eigenvalue weighted by Crippen LogP contribution is 2.22. The van der Waals surface area contributed by atoms with Gasteiger partial charge < -0.3 is 14.7 Å². The summed E-state index contributed by atoms with van der Waals surface area (Å²) in [7, 11) is 3.49. The predicted octanol–water partition coefficient (Wildman–Crippen LogP) is 2.86. The van der Waals surface area contributed by atoms with Crippen molar-refractivity contribution in [3.8, 4) is 0 Å². The van der Waals surface area contributed by atoms with Gasteiger partial charge in [-0.3, -0.25) is 14.4 Å². The monoisotopic (exact) mass is 401 g/mol. The number of hydrogen-bond acceptors (Lipinski definition) is 4. The van der Waals surface area contributed by atoms with Crippen molar-refractivity contribution in [2.45, 2.75) is 72.4 Å². The highest BCUT2D eigenvalue weighted by Gasteiger charge is 2.31. The van der Waals surface area contributed by atoms with Crippen molar-refractivity contribution in [3.05, 3.63) is 0 Å². The molecule has 0 atom stereocenters. The second kappa shape index (κ2) is 12.3. The van der Waals surface area contributed by atoms with E-state index in [0.717, 1.165) is 12.2 Å². The van der Waals surface area contributed by atoms with Crippen LogP contribution in [0, 0.1) is 0 Å². The zero-order valence-corrected chi connectivity index (χ0v) is 19.3. The topological polar surface area (TPSA) is 60.9 Å². The van der Waals surface area contributed by atoms with E-state index < -0.39 is 0 Å². The third-order valence-corrected chi connectivity index (χ3v) is 5.65. The van der Waals surface area contributed by atoms with Gasteiger partial charge in [0.1, 0.15) is 0 Å². The van der Waals surface area contributed by atoms with Crippen LogP contribution >= 0.6 is 11.8 Å². The first kappa shape index (κ1) is 25.8. The average Bonchev–Trinajstić information content (AvgIpc) is 2.59. The number of amides is 3. The van der Waals surface area contributed by atoms with Crippen LogP contribution in [0.3, 0.4) is 0 Å². The maximum atomic E-state index is 12.5. The van der Waals surface area contributed by atoms with Gasteiger partial charge in [-0.2, -0.15) is 11.8 Å². The van der Waals surface area contributed by atoms with E-state index in [2.05, 4.69) is 13.8 Å². The van der Waals surface area contributed by atoms with Crippen molar-refractivity contribution in [1.82, 2.24) is 14.7 Å². The minimum atomic E-state index is -0.347. The molecule has 0 rings (SSSR count). The first-order valence-electron chi connectivity index (χ1n) is 9.85. The van der Waals surface area contributed by atoms with Crippen molar-refractivity contribution >= 4 is 29.5 Å². The Balaban J connectivity index is 4.91. The van der Waals surface area contributed by atoms with E-state index in [4.69, 9.17) is 0 Å². The summed E-state index contributed by atoms with van der Waals surface area (Å²) in [6.45, 7) is 13.2. The fourth-order valence-corrected chi connectivity index (χ4v) is 3.69. The number of carbonyl (C=O) groups excluding carboxylic acids is 3. The second-order valence-corrected chi connectivity index (χ2v) is 8.94.